The molecule has 2 atom stereocenters. The molecule has 1 fully saturated rings. The van der Waals surface area contributed by atoms with Crippen molar-refractivity contribution in [2.45, 2.75) is 37.2 Å². The topological polar surface area (TPSA) is 62.3 Å². The summed E-state index contributed by atoms with van der Waals surface area (Å²) in [6.45, 7) is 5.86. The Balaban J connectivity index is 1.84. The minimum absolute atomic E-state index is 0.0600. The van der Waals surface area contributed by atoms with Gasteiger partial charge in [0, 0.05) is 19.1 Å². The standard InChI is InChI=1S/C17H22N2O3S/c1-3-15(17(19-10-11-19)16-5-4-12-22-16)18-23(20,21)14-8-6-13(2)7-9-14/h4-9,12,15,17-18H,3,10-11H2,1-2H3/t15-,17-/m0/s1. The van der Waals surface area contributed by atoms with Crippen molar-refractivity contribution in [1.29, 1.82) is 0 Å². The van der Waals surface area contributed by atoms with Gasteiger partial charge in [-0.1, -0.05) is 24.6 Å². The number of benzene rings is 1. The number of aryl methyl sites for hydroxylation is 1. The van der Waals surface area contributed by atoms with Crippen LogP contribution in [0.5, 0.6) is 0 Å². The molecule has 0 amide bonds. The van der Waals surface area contributed by atoms with Gasteiger partial charge in [-0.15, -0.1) is 0 Å². The first kappa shape index (κ1) is 16.2. The third kappa shape index (κ3) is 3.65. The van der Waals surface area contributed by atoms with E-state index in [9.17, 15) is 8.42 Å². The Morgan fingerprint density at radius 1 is 1.22 bits per heavy atom. The van der Waals surface area contributed by atoms with E-state index < -0.39 is 10.0 Å². The highest BCUT2D eigenvalue weighted by molar-refractivity contribution is 7.89. The molecule has 0 saturated carbocycles. The van der Waals surface area contributed by atoms with Gasteiger partial charge in [0.05, 0.1) is 17.2 Å². The van der Waals surface area contributed by atoms with Gasteiger partial charge in [-0.25, -0.2) is 13.1 Å². The van der Waals surface area contributed by atoms with Crippen LogP contribution in [0, 0.1) is 6.92 Å². The second-order valence-electron chi connectivity index (χ2n) is 5.95. The molecule has 0 spiro atoms. The van der Waals surface area contributed by atoms with Crippen molar-refractivity contribution in [2.75, 3.05) is 13.1 Å². The molecule has 1 aliphatic rings. The van der Waals surface area contributed by atoms with Crippen molar-refractivity contribution < 1.29 is 12.8 Å². The fourth-order valence-electron chi connectivity index (χ4n) is 2.78. The number of nitrogens with one attached hydrogen (secondary N) is 1. The van der Waals surface area contributed by atoms with Crippen LogP contribution >= 0.6 is 0 Å². The van der Waals surface area contributed by atoms with Gasteiger partial charge in [0.15, 0.2) is 0 Å². The van der Waals surface area contributed by atoms with E-state index in [1.165, 1.54) is 0 Å². The highest BCUT2D eigenvalue weighted by Crippen LogP contribution is 2.32. The van der Waals surface area contributed by atoms with Crippen molar-refractivity contribution in [2.24, 2.45) is 0 Å². The Morgan fingerprint density at radius 3 is 2.43 bits per heavy atom. The number of rotatable bonds is 7. The van der Waals surface area contributed by atoms with E-state index in [1.54, 1.807) is 18.4 Å². The third-order valence-electron chi connectivity index (χ3n) is 4.17. The summed E-state index contributed by atoms with van der Waals surface area (Å²) in [5, 5.41) is 0. The summed E-state index contributed by atoms with van der Waals surface area (Å²) in [5.41, 5.74) is 1.04. The van der Waals surface area contributed by atoms with Gasteiger partial charge in [0.25, 0.3) is 0 Å². The maximum absolute atomic E-state index is 12.7. The van der Waals surface area contributed by atoms with Gasteiger partial charge in [-0.05, 0) is 37.6 Å². The Morgan fingerprint density at radius 2 is 1.91 bits per heavy atom. The van der Waals surface area contributed by atoms with Crippen molar-refractivity contribution >= 4 is 10.0 Å². The van der Waals surface area contributed by atoms with Gasteiger partial charge >= 0.3 is 0 Å². The average Bonchev–Trinajstić information content (AvgIpc) is 3.21. The largest absolute Gasteiger partial charge is 0.468 e. The first-order valence-electron chi connectivity index (χ1n) is 7.87. The number of hydrogen-bond donors (Lipinski definition) is 1. The minimum atomic E-state index is -3.55. The van der Waals surface area contributed by atoms with Crippen LogP contribution in [-0.4, -0.2) is 32.4 Å². The van der Waals surface area contributed by atoms with Crippen LogP contribution in [0.3, 0.4) is 0 Å². The second-order valence-corrected chi connectivity index (χ2v) is 7.66. The van der Waals surface area contributed by atoms with Crippen LogP contribution in [0.2, 0.25) is 0 Å². The summed E-state index contributed by atoms with van der Waals surface area (Å²) in [7, 11) is -3.55. The fourth-order valence-corrected chi connectivity index (χ4v) is 4.11. The molecule has 124 valence electrons. The summed E-state index contributed by atoms with van der Waals surface area (Å²) >= 11 is 0. The monoisotopic (exact) mass is 334 g/mol. The molecule has 2 heterocycles. The quantitative estimate of drug-likeness (QED) is 0.791. The van der Waals surface area contributed by atoms with E-state index in [0.717, 1.165) is 24.4 Å². The number of furan rings is 1. The van der Waals surface area contributed by atoms with E-state index >= 15 is 0 Å². The lowest BCUT2D eigenvalue weighted by Gasteiger charge is -2.26. The lowest BCUT2D eigenvalue weighted by atomic mass is 10.0. The van der Waals surface area contributed by atoms with Crippen molar-refractivity contribution in [3.05, 3.63) is 54.0 Å². The van der Waals surface area contributed by atoms with Crippen LogP contribution < -0.4 is 4.72 Å². The number of hydrogen-bond acceptors (Lipinski definition) is 4. The van der Waals surface area contributed by atoms with Crippen molar-refractivity contribution in [1.82, 2.24) is 9.62 Å². The van der Waals surface area contributed by atoms with Crippen LogP contribution in [0.15, 0.2) is 52.0 Å². The summed E-state index contributed by atoms with van der Waals surface area (Å²) < 4.78 is 33.7. The number of nitrogens with zero attached hydrogens (tertiary/aromatic N) is 1. The molecular formula is C17H22N2O3S. The normalized spacial score (nSPS) is 17.8. The summed E-state index contributed by atoms with van der Waals surface area (Å²) in [5.74, 6) is 0.806. The van der Waals surface area contributed by atoms with E-state index in [-0.39, 0.29) is 12.1 Å². The Hall–Kier alpha value is -1.63. The molecule has 1 saturated heterocycles. The molecule has 3 rings (SSSR count). The molecular weight excluding hydrogens is 312 g/mol. The molecule has 2 aromatic rings. The van der Waals surface area contributed by atoms with E-state index in [0.29, 0.717) is 11.3 Å². The van der Waals surface area contributed by atoms with Crippen LogP contribution in [0.25, 0.3) is 0 Å². The predicted molar refractivity (Wildman–Crippen MR) is 88.6 cm³/mol. The van der Waals surface area contributed by atoms with E-state index in [2.05, 4.69) is 9.62 Å². The Bertz CT molecular complexity index is 735. The zero-order valence-electron chi connectivity index (χ0n) is 13.4. The van der Waals surface area contributed by atoms with Crippen molar-refractivity contribution in [3.63, 3.8) is 0 Å². The van der Waals surface area contributed by atoms with Crippen LogP contribution in [0.1, 0.15) is 30.7 Å². The molecule has 23 heavy (non-hydrogen) atoms. The average molecular weight is 334 g/mol. The first-order valence-corrected chi connectivity index (χ1v) is 9.36. The van der Waals surface area contributed by atoms with Crippen LogP contribution in [0.4, 0.5) is 0 Å². The summed E-state index contributed by atoms with van der Waals surface area (Å²) in [6, 6.07) is 10.4. The summed E-state index contributed by atoms with van der Waals surface area (Å²) in [4.78, 5) is 2.51. The molecule has 0 aliphatic carbocycles. The second kappa shape index (κ2) is 6.47. The molecule has 5 nitrogen and oxygen atoms in total. The Labute approximate surface area is 137 Å². The molecule has 1 aliphatic heterocycles. The highest BCUT2D eigenvalue weighted by Gasteiger charge is 2.38. The number of sulfonamides is 1. The van der Waals surface area contributed by atoms with Crippen LogP contribution in [-0.2, 0) is 10.0 Å². The molecule has 1 aromatic carbocycles. The third-order valence-corrected chi connectivity index (χ3v) is 5.67. The molecule has 0 unspecified atom stereocenters. The molecule has 1 aromatic heterocycles. The molecule has 1 N–H and O–H groups in total. The SMILES string of the molecule is CC[C@H](NS(=O)(=O)c1ccc(C)cc1)[C@@H](c1ccco1)N1CC1. The molecule has 6 heteroatoms. The molecule has 0 bridgehead atoms. The zero-order valence-corrected chi connectivity index (χ0v) is 14.2. The zero-order chi connectivity index (χ0) is 16.4. The molecule has 0 radical (unpaired) electrons. The Kier molecular flexibility index (Phi) is 4.57. The summed E-state index contributed by atoms with van der Waals surface area (Å²) in [6.07, 6.45) is 2.32. The maximum Gasteiger partial charge on any atom is 0.240 e. The minimum Gasteiger partial charge on any atom is -0.468 e. The highest BCUT2D eigenvalue weighted by atomic mass is 32.2. The van der Waals surface area contributed by atoms with Gasteiger partial charge in [0.1, 0.15) is 5.76 Å². The van der Waals surface area contributed by atoms with E-state index in [1.807, 2.05) is 38.1 Å². The van der Waals surface area contributed by atoms with Gasteiger partial charge in [-0.2, -0.15) is 0 Å². The van der Waals surface area contributed by atoms with Gasteiger partial charge < -0.3 is 4.42 Å². The fraction of sp³-hybridized carbons (Fsp3) is 0.412. The van der Waals surface area contributed by atoms with E-state index in [4.69, 9.17) is 4.42 Å². The van der Waals surface area contributed by atoms with Crippen molar-refractivity contribution in [3.8, 4) is 0 Å². The lowest BCUT2D eigenvalue weighted by molar-refractivity contribution is 0.275. The smallest absolute Gasteiger partial charge is 0.240 e. The lowest BCUT2D eigenvalue weighted by Crippen LogP contribution is -2.41. The van der Waals surface area contributed by atoms with Gasteiger partial charge in [-0.3, -0.25) is 4.90 Å². The van der Waals surface area contributed by atoms with Gasteiger partial charge in [0.2, 0.25) is 10.0 Å². The predicted octanol–water partition coefficient (Wildman–Crippen LogP) is 2.70. The maximum atomic E-state index is 12.7. The first-order chi connectivity index (χ1) is 11.0.